The molecule has 2 N–H and O–H groups in total. The molecule has 0 aliphatic heterocycles. The predicted molar refractivity (Wildman–Crippen MR) is 73.4 cm³/mol. The van der Waals surface area contributed by atoms with Crippen LogP contribution >= 0.6 is 0 Å². The van der Waals surface area contributed by atoms with E-state index in [4.69, 9.17) is 9.84 Å². The van der Waals surface area contributed by atoms with Gasteiger partial charge in [0.05, 0.1) is 0 Å². The summed E-state index contributed by atoms with van der Waals surface area (Å²) in [6.07, 6.45) is 2.81. The van der Waals surface area contributed by atoms with Gasteiger partial charge in [0.2, 0.25) is 5.91 Å². The molecule has 5 nitrogen and oxygen atoms in total. The Kier molecular flexibility index (Phi) is 4.27. The van der Waals surface area contributed by atoms with Gasteiger partial charge >= 0.3 is 5.97 Å². The maximum absolute atomic E-state index is 12.0. The van der Waals surface area contributed by atoms with Gasteiger partial charge in [-0.25, -0.2) is 4.79 Å². The van der Waals surface area contributed by atoms with Crippen molar-refractivity contribution in [3.63, 3.8) is 0 Å². The van der Waals surface area contributed by atoms with Crippen LogP contribution in [0, 0.1) is 5.41 Å². The largest absolute Gasteiger partial charge is 0.482 e. The molecule has 1 amide bonds. The summed E-state index contributed by atoms with van der Waals surface area (Å²) in [6, 6.07) is 7.10. The number of hydrogen-bond acceptors (Lipinski definition) is 3. The van der Waals surface area contributed by atoms with Gasteiger partial charge in [-0.2, -0.15) is 0 Å². The smallest absolute Gasteiger partial charge is 0.341 e. The van der Waals surface area contributed by atoms with Crippen LogP contribution < -0.4 is 10.1 Å². The highest BCUT2D eigenvalue weighted by molar-refractivity contribution is 5.85. The maximum Gasteiger partial charge on any atom is 0.341 e. The van der Waals surface area contributed by atoms with Crippen LogP contribution in [0.2, 0.25) is 0 Å². The first-order valence-electron chi connectivity index (χ1n) is 6.77. The third kappa shape index (κ3) is 3.50. The zero-order valence-electron chi connectivity index (χ0n) is 11.5. The van der Waals surface area contributed by atoms with Gasteiger partial charge in [-0.15, -0.1) is 0 Å². The first kappa shape index (κ1) is 14.4. The van der Waals surface area contributed by atoms with Crippen LogP contribution in [-0.2, 0) is 16.1 Å². The Morgan fingerprint density at radius 3 is 2.75 bits per heavy atom. The van der Waals surface area contributed by atoms with Crippen LogP contribution in [-0.4, -0.2) is 23.6 Å². The topological polar surface area (TPSA) is 75.6 Å². The minimum atomic E-state index is -1.01. The zero-order chi connectivity index (χ0) is 14.6. The van der Waals surface area contributed by atoms with Crippen molar-refractivity contribution in [2.24, 2.45) is 5.41 Å². The van der Waals surface area contributed by atoms with Gasteiger partial charge in [-0.1, -0.05) is 19.1 Å². The Morgan fingerprint density at radius 1 is 1.40 bits per heavy atom. The standard InChI is InChI=1S/C15H19NO4/c1-2-15(6-7-15)14(19)16-9-11-4-3-5-12(8-11)20-10-13(17)18/h3-5,8H,2,6-7,9-10H2,1H3,(H,16,19)(H,17,18). The molecule has 0 bridgehead atoms. The van der Waals surface area contributed by atoms with Gasteiger partial charge in [-0.3, -0.25) is 4.79 Å². The number of carbonyl (C=O) groups is 2. The number of carboxylic acids is 1. The Bertz CT molecular complexity index is 508. The molecule has 5 heteroatoms. The van der Waals surface area contributed by atoms with Crippen molar-refractivity contribution in [3.8, 4) is 5.75 Å². The summed E-state index contributed by atoms with van der Waals surface area (Å²) in [6.45, 7) is 2.10. The fourth-order valence-electron chi connectivity index (χ4n) is 2.15. The minimum Gasteiger partial charge on any atom is -0.482 e. The second kappa shape index (κ2) is 5.94. The van der Waals surface area contributed by atoms with Crippen LogP contribution in [0.4, 0.5) is 0 Å². The highest BCUT2D eigenvalue weighted by atomic mass is 16.5. The molecular formula is C15H19NO4. The number of benzene rings is 1. The van der Waals surface area contributed by atoms with Crippen LogP contribution in [0.25, 0.3) is 0 Å². The van der Waals surface area contributed by atoms with Crippen molar-refractivity contribution >= 4 is 11.9 Å². The van der Waals surface area contributed by atoms with E-state index in [1.807, 2.05) is 13.0 Å². The molecule has 0 atom stereocenters. The van der Waals surface area contributed by atoms with E-state index in [0.29, 0.717) is 12.3 Å². The van der Waals surface area contributed by atoms with Crippen molar-refractivity contribution < 1.29 is 19.4 Å². The summed E-state index contributed by atoms with van der Waals surface area (Å²) >= 11 is 0. The van der Waals surface area contributed by atoms with Crippen molar-refractivity contribution in [2.75, 3.05) is 6.61 Å². The monoisotopic (exact) mass is 277 g/mol. The molecule has 20 heavy (non-hydrogen) atoms. The summed E-state index contributed by atoms with van der Waals surface area (Å²) in [5, 5.41) is 11.5. The molecule has 0 radical (unpaired) electrons. The number of ether oxygens (including phenoxy) is 1. The summed E-state index contributed by atoms with van der Waals surface area (Å²) in [7, 11) is 0. The summed E-state index contributed by atoms with van der Waals surface area (Å²) in [5.74, 6) is -0.407. The maximum atomic E-state index is 12.0. The Labute approximate surface area is 117 Å². The van der Waals surface area contributed by atoms with Crippen molar-refractivity contribution in [1.29, 1.82) is 0 Å². The molecule has 1 aromatic rings. The second-order valence-corrected chi connectivity index (χ2v) is 5.15. The molecule has 1 aliphatic rings. The molecule has 108 valence electrons. The summed E-state index contributed by atoms with van der Waals surface area (Å²) in [5.41, 5.74) is 0.755. The molecule has 1 fully saturated rings. The zero-order valence-corrected chi connectivity index (χ0v) is 11.5. The third-order valence-corrected chi connectivity index (χ3v) is 3.73. The predicted octanol–water partition coefficient (Wildman–Crippen LogP) is 1.96. The minimum absolute atomic E-state index is 0.108. The number of carbonyl (C=O) groups excluding carboxylic acids is 1. The lowest BCUT2D eigenvalue weighted by Gasteiger charge is -2.13. The average Bonchev–Trinajstić information content (AvgIpc) is 3.24. The van der Waals surface area contributed by atoms with Gasteiger partial charge in [0.25, 0.3) is 0 Å². The number of nitrogens with one attached hydrogen (secondary N) is 1. The van der Waals surface area contributed by atoms with E-state index in [-0.39, 0.29) is 17.9 Å². The van der Waals surface area contributed by atoms with E-state index in [1.165, 1.54) is 0 Å². The van der Waals surface area contributed by atoms with Crippen LogP contribution in [0.1, 0.15) is 31.7 Å². The van der Waals surface area contributed by atoms with Gasteiger partial charge in [0, 0.05) is 12.0 Å². The van der Waals surface area contributed by atoms with Crippen LogP contribution in [0.15, 0.2) is 24.3 Å². The molecule has 0 saturated heterocycles. The molecular weight excluding hydrogens is 258 g/mol. The summed E-state index contributed by atoms with van der Waals surface area (Å²) < 4.78 is 5.10. The first-order chi connectivity index (χ1) is 9.55. The van der Waals surface area contributed by atoms with Gasteiger partial charge in [0.1, 0.15) is 5.75 Å². The number of hydrogen-bond donors (Lipinski definition) is 2. The molecule has 1 aliphatic carbocycles. The van der Waals surface area contributed by atoms with Gasteiger partial charge < -0.3 is 15.2 Å². The third-order valence-electron chi connectivity index (χ3n) is 3.73. The molecule has 0 aromatic heterocycles. The van der Waals surface area contributed by atoms with E-state index in [2.05, 4.69) is 5.32 Å². The Morgan fingerprint density at radius 2 is 2.15 bits per heavy atom. The lowest BCUT2D eigenvalue weighted by Crippen LogP contribution is -2.31. The lowest BCUT2D eigenvalue weighted by molar-refractivity contribution is -0.139. The fourth-order valence-corrected chi connectivity index (χ4v) is 2.15. The van der Waals surface area contributed by atoms with E-state index < -0.39 is 5.97 Å². The van der Waals surface area contributed by atoms with Crippen molar-refractivity contribution in [2.45, 2.75) is 32.7 Å². The van der Waals surface area contributed by atoms with Gasteiger partial charge in [-0.05, 0) is 37.0 Å². The Hall–Kier alpha value is -2.04. The molecule has 0 spiro atoms. The van der Waals surface area contributed by atoms with E-state index >= 15 is 0 Å². The Balaban J connectivity index is 1.88. The molecule has 0 heterocycles. The normalized spacial score (nSPS) is 15.4. The highest BCUT2D eigenvalue weighted by Crippen LogP contribution is 2.48. The van der Waals surface area contributed by atoms with Gasteiger partial charge in [0.15, 0.2) is 6.61 Å². The highest BCUT2D eigenvalue weighted by Gasteiger charge is 2.47. The number of amides is 1. The second-order valence-electron chi connectivity index (χ2n) is 5.15. The number of rotatable bonds is 7. The van der Waals surface area contributed by atoms with Crippen molar-refractivity contribution in [1.82, 2.24) is 5.32 Å². The molecule has 0 unspecified atom stereocenters. The van der Waals surface area contributed by atoms with E-state index in [9.17, 15) is 9.59 Å². The van der Waals surface area contributed by atoms with Crippen LogP contribution in [0.3, 0.4) is 0 Å². The first-order valence-corrected chi connectivity index (χ1v) is 6.77. The molecule has 1 saturated carbocycles. The number of aliphatic carboxylic acids is 1. The molecule has 1 aromatic carbocycles. The van der Waals surface area contributed by atoms with E-state index in [1.54, 1.807) is 18.2 Å². The average molecular weight is 277 g/mol. The molecule has 2 rings (SSSR count). The van der Waals surface area contributed by atoms with Crippen LogP contribution in [0.5, 0.6) is 5.75 Å². The number of carboxylic acid groups (broad SMARTS) is 1. The van der Waals surface area contributed by atoms with E-state index in [0.717, 1.165) is 24.8 Å². The SMILES string of the molecule is CCC1(C(=O)NCc2cccc(OCC(=O)O)c2)CC1. The lowest BCUT2D eigenvalue weighted by atomic mass is 10.0. The van der Waals surface area contributed by atoms with Crippen molar-refractivity contribution in [3.05, 3.63) is 29.8 Å². The fraction of sp³-hybridized carbons (Fsp3) is 0.467. The quantitative estimate of drug-likeness (QED) is 0.798. The summed E-state index contributed by atoms with van der Waals surface area (Å²) in [4.78, 5) is 22.5.